The van der Waals surface area contributed by atoms with Gasteiger partial charge in [-0.2, -0.15) is 0 Å². The average molecular weight is 254 g/mol. The number of aliphatic hydroxyl groups is 3. The van der Waals surface area contributed by atoms with Crippen molar-refractivity contribution in [3.05, 3.63) is 12.2 Å². The van der Waals surface area contributed by atoms with Gasteiger partial charge in [0.2, 0.25) is 0 Å². The van der Waals surface area contributed by atoms with Crippen molar-refractivity contribution in [1.29, 1.82) is 0 Å². The van der Waals surface area contributed by atoms with Gasteiger partial charge in [0.1, 0.15) is 0 Å². The van der Waals surface area contributed by atoms with E-state index in [1.165, 1.54) is 0 Å². The fourth-order valence-corrected chi connectivity index (χ4v) is 3.71. The van der Waals surface area contributed by atoms with Crippen molar-refractivity contribution < 1.29 is 15.3 Å². The summed E-state index contributed by atoms with van der Waals surface area (Å²) in [5.74, 6) is 0.103. The standard InChI is InChI=1S/C15H26O3/c1-10-5-6-12(16)14(4)7-8-15(18,9-11(10)14)13(2,3)17/h11-12,16-18H,1,5-9H2,2-4H3. The van der Waals surface area contributed by atoms with Crippen LogP contribution >= 0.6 is 0 Å². The zero-order chi connectivity index (χ0) is 13.8. The molecular formula is C15H26O3. The zero-order valence-electron chi connectivity index (χ0n) is 11.7. The van der Waals surface area contributed by atoms with Gasteiger partial charge in [-0.15, -0.1) is 0 Å². The van der Waals surface area contributed by atoms with E-state index in [-0.39, 0.29) is 17.4 Å². The second-order valence-electron chi connectivity index (χ2n) is 7.07. The maximum absolute atomic E-state index is 10.7. The molecule has 2 fully saturated rings. The fraction of sp³-hybridized carbons (Fsp3) is 0.867. The molecule has 3 N–H and O–H groups in total. The summed E-state index contributed by atoms with van der Waals surface area (Å²) in [6, 6.07) is 0. The third-order valence-corrected chi connectivity index (χ3v) is 5.55. The first-order valence-electron chi connectivity index (χ1n) is 6.91. The molecule has 0 spiro atoms. The van der Waals surface area contributed by atoms with E-state index in [4.69, 9.17) is 0 Å². The molecule has 0 saturated heterocycles. The van der Waals surface area contributed by atoms with Crippen LogP contribution in [0.4, 0.5) is 0 Å². The molecule has 0 radical (unpaired) electrons. The summed E-state index contributed by atoms with van der Waals surface area (Å²) >= 11 is 0. The topological polar surface area (TPSA) is 60.7 Å². The zero-order valence-corrected chi connectivity index (χ0v) is 11.7. The van der Waals surface area contributed by atoms with Crippen molar-refractivity contribution in [2.45, 2.75) is 70.2 Å². The molecule has 2 rings (SSSR count). The molecule has 4 unspecified atom stereocenters. The first-order chi connectivity index (χ1) is 8.10. The molecule has 2 aliphatic carbocycles. The van der Waals surface area contributed by atoms with Gasteiger partial charge >= 0.3 is 0 Å². The van der Waals surface area contributed by atoms with E-state index >= 15 is 0 Å². The van der Waals surface area contributed by atoms with Crippen LogP contribution in [0, 0.1) is 11.3 Å². The van der Waals surface area contributed by atoms with Crippen LogP contribution in [0.1, 0.15) is 52.9 Å². The Kier molecular flexibility index (Phi) is 3.16. The van der Waals surface area contributed by atoms with Crippen molar-refractivity contribution in [3.8, 4) is 0 Å². The predicted octanol–water partition coefficient (Wildman–Crippen LogP) is 2.01. The Bertz CT molecular complexity index is 357. The summed E-state index contributed by atoms with van der Waals surface area (Å²) in [4.78, 5) is 0. The monoisotopic (exact) mass is 254 g/mol. The lowest BCUT2D eigenvalue weighted by atomic mass is 9.53. The SMILES string of the molecule is C=C1CCC(O)C2(C)CCC(O)(C(C)(C)O)CC12. The van der Waals surface area contributed by atoms with Crippen molar-refractivity contribution in [2.24, 2.45) is 11.3 Å². The van der Waals surface area contributed by atoms with Gasteiger partial charge in [0, 0.05) is 5.41 Å². The minimum Gasteiger partial charge on any atom is -0.393 e. The fourth-order valence-electron chi connectivity index (χ4n) is 3.71. The molecule has 0 aromatic rings. The summed E-state index contributed by atoms with van der Waals surface area (Å²) < 4.78 is 0. The predicted molar refractivity (Wildman–Crippen MR) is 71.1 cm³/mol. The normalized spacial score (nSPS) is 45.8. The molecule has 3 nitrogen and oxygen atoms in total. The summed E-state index contributed by atoms with van der Waals surface area (Å²) in [6.45, 7) is 9.54. The third kappa shape index (κ3) is 1.93. The molecule has 0 aliphatic heterocycles. The molecule has 0 aromatic heterocycles. The van der Waals surface area contributed by atoms with Crippen molar-refractivity contribution in [1.82, 2.24) is 0 Å². The van der Waals surface area contributed by atoms with Gasteiger partial charge in [-0.25, -0.2) is 0 Å². The number of fused-ring (bicyclic) bond motifs is 1. The van der Waals surface area contributed by atoms with Gasteiger partial charge in [0.25, 0.3) is 0 Å². The number of allylic oxidation sites excluding steroid dienone is 1. The van der Waals surface area contributed by atoms with Crippen LogP contribution < -0.4 is 0 Å². The number of aliphatic hydroxyl groups excluding tert-OH is 1. The summed E-state index contributed by atoms with van der Waals surface area (Å²) in [5.41, 5.74) is -1.26. The molecule has 2 aliphatic rings. The van der Waals surface area contributed by atoms with Gasteiger partial charge in [-0.3, -0.25) is 0 Å². The number of hydrogen-bond acceptors (Lipinski definition) is 3. The molecule has 0 heterocycles. The molecular weight excluding hydrogens is 228 g/mol. The van der Waals surface area contributed by atoms with Gasteiger partial charge in [-0.05, 0) is 51.9 Å². The van der Waals surface area contributed by atoms with E-state index in [0.29, 0.717) is 12.8 Å². The molecule has 18 heavy (non-hydrogen) atoms. The first kappa shape index (κ1) is 14.0. The summed E-state index contributed by atoms with van der Waals surface area (Å²) in [7, 11) is 0. The lowest BCUT2D eigenvalue weighted by Crippen LogP contribution is -2.59. The summed E-state index contributed by atoms with van der Waals surface area (Å²) in [5, 5.41) is 31.1. The quantitative estimate of drug-likeness (QED) is 0.627. The maximum Gasteiger partial charge on any atom is 0.0934 e. The lowest BCUT2D eigenvalue weighted by molar-refractivity contribution is -0.187. The van der Waals surface area contributed by atoms with E-state index in [2.05, 4.69) is 13.5 Å². The third-order valence-electron chi connectivity index (χ3n) is 5.55. The van der Waals surface area contributed by atoms with E-state index in [0.717, 1.165) is 24.8 Å². The van der Waals surface area contributed by atoms with Crippen LogP contribution in [0.25, 0.3) is 0 Å². The molecule has 0 amide bonds. The maximum atomic E-state index is 10.7. The molecule has 0 aromatic carbocycles. The molecule has 0 bridgehead atoms. The largest absolute Gasteiger partial charge is 0.393 e. The smallest absolute Gasteiger partial charge is 0.0934 e. The molecule has 2 saturated carbocycles. The Morgan fingerprint density at radius 2 is 1.94 bits per heavy atom. The van der Waals surface area contributed by atoms with Crippen LogP contribution in [0.3, 0.4) is 0 Å². The van der Waals surface area contributed by atoms with Gasteiger partial charge in [0.05, 0.1) is 17.3 Å². The van der Waals surface area contributed by atoms with Crippen LogP contribution in [-0.4, -0.2) is 32.6 Å². The Hall–Kier alpha value is -0.380. The highest BCUT2D eigenvalue weighted by atomic mass is 16.4. The minimum atomic E-state index is -1.11. The van der Waals surface area contributed by atoms with E-state index in [1.54, 1.807) is 13.8 Å². The van der Waals surface area contributed by atoms with E-state index < -0.39 is 11.2 Å². The Balaban J connectivity index is 2.30. The average Bonchev–Trinajstić information content (AvgIpc) is 2.26. The molecule has 104 valence electrons. The summed E-state index contributed by atoms with van der Waals surface area (Å²) in [6.07, 6.45) is 3.05. The van der Waals surface area contributed by atoms with Crippen molar-refractivity contribution in [2.75, 3.05) is 0 Å². The lowest BCUT2D eigenvalue weighted by Gasteiger charge is -2.56. The van der Waals surface area contributed by atoms with E-state index in [9.17, 15) is 15.3 Å². The second-order valence-corrected chi connectivity index (χ2v) is 7.07. The highest BCUT2D eigenvalue weighted by Gasteiger charge is 2.56. The second kappa shape index (κ2) is 4.06. The highest BCUT2D eigenvalue weighted by Crippen LogP contribution is 2.56. The molecule has 4 atom stereocenters. The van der Waals surface area contributed by atoms with Crippen LogP contribution in [0.2, 0.25) is 0 Å². The van der Waals surface area contributed by atoms with Crippen molar-refractivity contribution >= 4 is 0 Å². The highest BCUT2D eigenvalue weighted by molar-refractivity contribution is 5.18. The Labute approximate surface area is 110 Å². The van der Waals surface area contributed by atoms with Crippen LogP contribution in [0.15, 0.2) is 12.2 Å². The van der Waals surface area contributed by atoms with E-state index in [1.807, 2.05) is 0 Å². The Morgan fingerprint density at radius 1 is 1.33 bits per heavy atom. The van der Waals surface area contributed by atoms with Gasteiger partial charge < -0.3 is 15.3 Å². The van der Waals surface area contributed by atoms with Crippen LogP contribution in [0.5, 0.6) is 0 Å². The van der Waals surface area contributed by atoms with Gasteiger partial charge in [-0.1, -0.05) is 19.1 Å². The minimum absolute atomic E-state index is 0.103. The van der Waals surface area contributed by atoms with Crippen LogP contribution in [-0.2, 0) is 0 Å². The number of hydrogen-bond donors (Lipinski definition) is 3. The Morgan fingerprint density at radius 3 is 2.50 bits per heavy atom. The van der Waals surface area contributed by atoms with Crippen molar-refractivity contribution in [3.63, 3.8) is 0 Å². The number of rotatable bonds is 1. The first-order valence-corrected chi connectivity index (χ1v) is 6.91. The van der Waals surface area contributed by atoms with Gasteiger partial charge in [0.15, 0.2) is 0 Å². The molecule has 3 heteroatoms.